The van der Waals surface area contributed by atoms with Crippen molar-refractivity contribution in [2.24, 2.45) is 11.1 Å². The number of nitrogens with one attached hydrogen (secondary N) is 1. The number of thiocarbonyl (C=S) groups is 1. The zero-order valence-electron chi connectivity index (χ0n) is 10.2. The molecule has 0 aliphatic carbocycles. The molecule has 94 valence electrons. The highest BCUT2D eigenvalue weighted by Crippen LogP contribution is 2.23. The van der Waals surface area contributed by atoms with Gasteiger partial charge in [0, 0.05) is 11.8 Å². The van der Waals surface area contributed by atoms with Gasteiger partial charge in [-0.3, -0.25) is 0 Å². The molecule has 0 atom stereocenters. The van der Waals surface area contributed by atoms with Crippen LogP contribution in [0.2, 0.25) is 0 Å². The van der Waals surface area contributed by atoms with Gasteiger partial charge in [0.25, 0.3) is 0 Å². The second-order valence-corrected chi connectivity index (χ2v) is 5.42. The molecule has 0 spiro atoms. The van der Waals surface area contributed by atoms with Gasteiger partial charge in [0.1, 0.15) is 0 Å². The molecule has 0 aliphatic heterocycles. The van der Waals surface area contributed by atoms with Gasteiger partial charge in [0.2, 0.25) is 0 Å². The molecule has 0 amide bonds. The lowest BCUT2D eigenvalue weighted by atomic mass is 9.99. The van der Waals surface area contributed by atoms with Crippen molar-refractivity contribution in [1.82, 2.24) is 0 Å². The van der Waals surface area contributed by atoms with Crippen LogP contribution in [0.5, 0.6) is 5.75 Å². The Hall–Kier alpha value is -1.36. The van der Waals surface area contributed by atoms with E-state index >= 15 is 0 Å². The highest BCUT2D eigenvalue weighted by molar-refractivity contribution is 7.80. The summed E-state index contributed by atoms with van der Waals surface area (Å²) >= 11 is 4.67. The van der Waals surface area contributed by atoms with E-state index in [0.29, 0.717) is 12.3 Å². The van der Waals surface area contributed by atoms with E-state index in [1.165, 1.54) is 6.07 Å². The van der Waals surface area contributed by atoms with Gasteiger partial charge in [0.05, 0.1) is 6.61 Å². The maximum Gasteiger partial charge on any atom is 0.168 e. The molecule has 1 aromatic rings. The summed E-state index contributed by atoms with van der Waals surface area (Å²) in [4.78, 5) is 0. The molecule has 0 unspecified atom stereocenters. The second-order valence-electron chi connectivity index (χ2n) is 4.98. The fourth-order valence-electron chi connectivity index (χ4n) is 1.13. The molecule has 5 heteroatoms. The van der Waals surface area contributed by atoms with E-state index in [1.54, 1.807) is 12.1 Å². The maximum absolute atomic E-state index is 13.6. The van der Waals surface area contributed by atoms with Crippen LogP contribution in [0, 0.1) is 11.2 Å². The first-order valence-electron chi connectivity index (χ1n) is 5.27. The van der Waals surface area contributed by atoms with Gasteiger partial charge >= 0.3 is 0 Å². The number of nitrogens with two attached hydrogens (primary N) is 1. The molecule has 0 bridgehead atoms. The van der Waals surface area contributed by atoms with Gasteiger partial charge < -0.3 is 15.8 Å². The van der Waals surface area contributed by atoms with Gasteiger partial charge in [-0.2, -0.15) is 0 Å². The number of hydrogen-bond acceptors (Lipinski definition) is 2. The van der Waals surface area contributed by atoms with E-state index in [2.05, 4.69) is 17.5 Å². The van der Waals surface area contributed by atoms with Crippen LogP contribution in [0.3, 0.4) is 0 Å². The van der Waals surface area contributed by atoms with E-state index in [9.17, 15) is 4.39 Å². The molecule has 0 saturated carbocycles. The quantitative estimate of drug-likeness (QED) is 0.816. The van der Waals surface area contributed by atoms with E-state index in [-0.39, 0.29) is 16.3 Å². The third kappa shape index (κ3) is 4.99. The predicted octanol–water partition coefficient (Wildman–Crippen LogP) is 2.91. The summed E-state index contributed by atoms with van der Waals surface area (Å²) in [7, 11) is 0. The van der Waals surface area contributed by atoms with Crippen molar-refractivity contribution in [3.8, 4) is 5.75 Å². The minimum absolute atomic E-state index is 0.0117. The molecule has 0 aromatic heterocycles. The smallest absolute Gasteiger partial charge is 0.168 e. The lowest BCUT2D eigenvalue weighted by Crippen LogP contribution is -2.19. The molecule has 1 rings (SSSR count). The number of halogens is 1. The predicted molar refractivity (Wildman–Crippen MR) is 71.8 cm³/mol. The van der Waals surface area contributed by atoms with Crippen LogP contribution in [0.4, 0.5) is 10.1 Å². The number of hydrogen-bond donors (Lipinski definition) is 2. The second kappa shape index (κ2) is 5.31. The van der Waals surface area contributed by atoms with E-state index in [1.807, 2.05) is 20.8 Å². The first-order chi connectivity index (χ1) is 7.78. The Balaban J connectivity index is 2.73. The fourth-order valence-corrected chi connectivity index (χ4v) is 1.25. The molecule has 0 radical (unpaired) electrons. The lowest BCUT2D eigenvalue weighted by Gasteiger charge is -2.19. The van der Waals surface area contributed by atoms with Crippen molar-refractivity contribution in [2.75, 3.05) is 11.9 Å². The van der Waals surface area contributed by atoms with Crippen molar-refractivity contribution < 1.29 is 9.13 Å². The Morgan fingerprint density at radius 3 is 2.59 bits per heavy atom. The first-order valence-corrected chi connectivity index (χ1v) is 5.67. The van der Waals surface area contributed by atoms with Crippen LogP contribution in [0.1, 0.15) is 20.8 Å². The van der Waals surface area contributed by atoms with Crippen molar-refractivity contribution >= 4 is 23.0 Å². The molecule has 0 fully saturated rings. The molecular formula is C12H17FN2OS. The summed E-state index contributed by atoms with van der Waals surface area (Å²) in [5.41, 5.74) is 5.80. The van der Waals surface area contributed by atoms with Crippen molar-refractivity contribution in [2.45, 2.75) is 20.8 Å². The molecule has 0 saturated heterocycles. The van der Waals surface area contributed by atoms with Crippen molar-refractivity contribution in [3.63, 3.8) is 0 Å². The van der Waals surface area contributed by atoms with Crippen LogP contribution in [-0.4, -0.2) is 11.7 Å². The number of benzene rings is 1. The SMILES string of the molecule is CC(C)(C)COc1ccc(NC(N)=S)cc1F. The molecule has 17 heavy (non-hydrogen) atoms. The topological polar surface area (TPSA) is 47.3 Å². The Kier molecular flexibility index (Phi) is 4.28. The highest BCUT2D eigenvalue weighted by Gasteiger charge is 2.13. The summed E-state index contributed by atoms with van der Waals surface area (Å²) in [5.74, 6) is -0.205. The van der Waals surface area contributed by atoms with E-state index < -0.39 is 5.82 Å². The zero-order chi connectivity index (χ0) is 13.1. The normalized spacial score (nSPS) is 11.1. The van der Waals surface area contributed by atoms with Crippen LogP contribution >= 0.6 is 12.2 Å². The van der Waals surface area contributed by atoms with Crippen molar-refractivity contribution in [1.29, 1.82) is 0 Å². The summed E-state index contributed by atoms with van der Waals surface area (Å²) in [6.45, 7) is 6.51. The summed E-state index contributed by atoms with van der Waals surface area (Å²) < 4.78 is 19.0. The monoisotopic (exact) mass is 256 g/mol. The standard InChI is InChI=1S/C12H17FN2OS/c1-12(2,3)7-16-10-5-4-8(6-9(10)13)15-11(14)17/h4-6H,7H2,1-3H3,(H3,14,15,17). The molecule has 1 aromatic carbocycles. The summed E-state index contributed by atoms with van der Waals surface area (Å²) in [5, 5.41) is 2.76. The first kappa shape index (κ1) is 13.7. The van der Waals surface area contributed by atoms with Crippen LogP contribution < -0.4 is 15.8 Å². The summed E-state index contributed by atoms with van der Waals surface area (Å²) in [6, 6.07) is 4.53. The molecule has 3 nitrogen and oxygen atoms in total. The number of ether oxygens (including phenoxy) is 1. The van der Waals surface area contributed by atoms with Crippen LogP contribution in [0.25, 0.3) is 0 Å². The third-order valence-electron chi connectivity index (χ3n) is 1.86. The zero-order valence-corrected chi connectivity index (χ0v) is 11.0. The molecule has 3 N–H and O–H groups in total. The Morgan fingerprint density at radius 2 is 2.12 bits per heavy atom. The lowest BCUT2D eigenvalue weighted by molar-refractivity contribution is 0.191. The summed E-state index contributed by atoms with van der Waals surface area (Å²) in [6.07, 6.45) is 0. The fraction of sp³-hybridized carbons (Fsp3) is 0.417. The Morgan fingerprint density at radius 1 is 1.47 bits per heavy atom. The van der Waals surface area contributed by atoms with Gasteiger partial charge in [-0.05, 0) is 29.8 Å². The van der Waals surface area contributed by atoms with Gasteiger partial charge in [-0.15, -0.1) is 0 Å². The molecular weight excluding hydrogens is 239 g/mol. The van der Waals surface area contributed by atoms with Gasteiger partial charge in [0.15, 0.2) is 16.7 Å². The van der Waals surface area contributed by atoms with Gasteiger partial charge in [-0.1, -0.05) is 20.8 Å². The van der Waals surface area contributed by atoms with E-state index in [0.717, 1.165) is 0 Å². The van der Waals surface area contributed by atoms with E-state index in [4.69, 9.17) is 10.5 Å². The van der Waals surface area contributed by atoms with Gasteiger partial charge in [-0.25, -0.2) is 4.39 Å². The maximum atomic E-state index is 13.6. The average Bonchev–Trinajstić information content (AvgIpc) is 2.13. The minimum Gasteiger partial charge on any atom is -0.490 e. The van der Waals surface area contributed by atoms with Crippen molar-refractivity contribution in [3.05, 3.63) is 24.0 Å². The van der Waals surface area contributed by atoms with Crippen LogP contribution in [-0.2, 0) is 0 Å². The average molecular weight is 256 g/mol. The number of rotatable bonds is 3. The Labute approximate surface area is 106 Å². The minimum atomic E-state index is -0.435. The molecule has 0 aliphatic rings. The largest absolute Gasteiger partial charge is 0.490 e. The highest BCUT2D eigenvalue weighted by atomic mass is 32.1. The molecule has 0 heterocycles. The third-order valence-corrected chi connectivity index (χ3v) is 1.96. The van der Waals surface area contributed by atoms with Crippen LogP contribution in [0.15, 0.2) is 18.2 Å². The Bertz CT molecular complexity index is 415. The number of anilines is 1.